The number of nitrogens with one attached hydrogen (secondary N) is 1. The quantitative estimate of drug-likeness (QED) is 0.552. The Balaban J connectivity index is 1.66. The Bertz CT molecular complexity index is 854. The number of hydrogen-bond donors (Lipinski definition) is 1. The van der Waals surface area contributed by atoms with Gasteiger partial charge in [-0.15, -0.1) is 11.3 Å². The molecule has 0 atom stereocenters. The van der Waals surface area contributed by atoms with Gasteiger partial charge in [-0.05, 0) is 36.8 Å². The molecule has 0 unspecified atom stereocenters. The van der Waals surface area contributed by atoms with Crippen LogP contribution in [-0.2, 0) is 12.8 Å². The lowest BCUT2D eigenvalue weighted by atomic mass is 9.98. The van der Waals surface area contributed by atoms with Crippen LogP contribution in [0.15, 0.2) is 41.8 Å². The van der Waals surface area contributed by atoms with E-state index in [1.54, 1.807) is 6.33 Å². The van der Waals surface area contributed by atoms with Gasteiger partial charge in [0.1, 0.15) is 11.2 Å². The molecule has 2 aromatic heterocycles. The van der Waals surface area contributed by atoms with E-state index in [9.17, 15) is 0 Å². The molecule has 1 N–H and O–H groups in total. The van der Waals surface area contributed by atoms with Gasteiger partial charge in [0.15, 0.2) is 5.82 Å². The van der Waals surface area contributed by atoms with Crippen LogP contribution in [0.2, 0.25) is 0 Å². The third-order valence-electron chi connectivity index (χ3n) is 4.43. The predicted octanol–water partition coefficient (Wildman–Crippen LogP) is 4.80. The lowest BCUT2D eigenvalue weighted by Crippen LogP contribution is -1.99. The molecule has 0 fully saturated rings. The van der Waals surface area contributed by atoms with Crippen molar-refractivity contribution in [2.75, 3.05) is 5.43 Å². The maximum absolute atomic E-state index is 4.49. The average Bonchev–Trinajstić information content (AvgIpc) is 2.93. The number of rotatable bonds is 3. The molecule has 4 rings (SSSR count). The largest absolute Gasteiger partial charge is 0.261 e. The van der Waals surface area contributed by atoms with Crippen molar-refractivity contribution in [1.82, 2.24) is 9.97 Å². The number of hydrazone groups is 1. The van der Waals surface area contributed by atoms with Gasteiger partial charge in [0.25, 0.3) is 0 Å². The number of hydrogen-bond acceptors (Lipinski definition) is 5. The van der Waals surface area contributed by atoms with Gasteiger partial charge in [0.2, 0.25) is 0 Å². The number of nitrogens with zero attached hydrogens (tertiary/aromatic N) is 3. The lowest BCUT2D eigenvalue weighted by Gasteiger charge is -2.10. The van der Waals surface area contributed by atoms with E-state index in [-0.39, 0.29) is 0 Å². The van der Waals surface area contributed by atoms with Crippen molar-refractivity contribution in [3.8, 4) is 0 Å². The Morgan fingerprint density at radius 2 is 1.83 bits per heavy atom. The minimum Gasteiger partial charge on any atom is -0.261 e. The number of benzene rings is 1. The van der Waals surface area contributed by atoms with E-state index in [4.69, 9.17) is 0 Å². The van der Waals surface area contributed by atoms with Crippen molar-refractivity contribution in [1.29, 1.82) is 0 Å². The highest BCUT2D eigenvalue weighted by Gasteiger charge is 2.18. The van der Waals surface area contributed by atoms with E-state index >= 15 is 0 Å². The molecule has 1 aromatic carbocycles. The summed E-state index contributed by atoms with van der Waals surface area (Å²) in [5.74, 6) is 0.824. The molecule has 24 heavy (non-hydrogen) atoms. The van der Waals surface area contributed by atoms with Gasteiger partial charge in [-0.25, -0.2) is 9.97 Å². The van der Waals surface area contributed by atoms with E-state index in [0.29, 0.717) is 0 Å². The van der Waals surface area contributed by atoms with Crippen molar-refractivity contribution in [2.24, 2.45) is 5.10 Å². The topological polar surface area (TPSA) is 50.2 Å². The standard InChI is InChI=1S/C19H20N4S/c1-2-7-11-16-15(10-6-1)17-18(20-13-21-19(17)24-16)23-22-12-14-8-4-3-5-9-14/h3-5,8-9,12-13H,1-2,6-7,10-11H2,(H,20,21,23). The summed E-state index contributed by atoms with van der Waals surface area (Å²) in [6.45, 7) is 0. The fourth-order valence-electron chi connectivity index (χ4n) is 3.24. The van der Waals surface area contributed by atoms with Gasteiger partial charge in [0.05, 0.1) is 11.6 Å². The molecule has 0 spiro atoms. The van der Waals surface area contributed by atoms with Gasteiger partial charge >= 0.3 is 0 Å². The molecule has 4 nitrogen and oxygen atoms in total. The first-order valence-electron chi connectivity index (χ1n) is 8.51. The van der Waals surface area contributed by atoms with Gasteiger partial charge in [-0.3, -0.25) is 5.43 Å². The second-order valence-corrected chi connectivity index (χ2v) is 7.18. The molecule has 122 valence electrons. The van der Waals surface area contributed by atoms with Crippen molar-refractivity contribution in [3.05, 3.63) is 52.7 Å². The first-order valence-corrected chi connectivity index (χ1v) is 9.33. The molecular weight excluding hydrogens is 316 g/mol. The highest BCUT2D eigenvalue weighted by molar-refractivity contribution is 7.18. The fourth-order valence-corrected chi connectivity index (χ4v) is 4.46. The highest BCUT2D eigenvalue weighted by atomic mass is 32.1. The minimum absolute atomic E-state index is 0.824. The van der Waals surface area contributed by atoms with Gasteiger partial charge < -0.3 is 0 Å². The Morgan fingerprint density at radius 1 is 1.00 bits per heavy atom. The maximum atomic E-state index is 4.49. The number of fused-ring (bicyclic) bond motifs is 3. The van der Waals surface area contributed by atoms with Crippen LogP contribution in [0.5, 0.6) is 0 Å². The Morgan fingerprint density at radius 3 is 2.71 bits per heavy atom. The third-order valence-corrected chi connectivity index (χ3v) is 5.63. The summed E-state index contributed by atoms with van der Waals surface area (Å²) in [6, 6.07) is 10.1. The second kappa shape index (κ2) is 7.09. The molecule has 2 heterocycles. The maximum Gasteiger partial charge on any atom is 0.158 e. The van der Waals surface area contributed by atoms with Crippen LogP contribution >= 0.6 is 11.3 Å². The van der Waals surface area contributed by atoms with Crippen LogP contribution in [0, 0.1) is 0 Å². The molecular formula is C19H20N4S. The summed E-state index contributed by atoms with van der Waals surface area (Å²) in [6.07, 6.45) is 10.9. The zero-order valence-electron chi connectivity index (χ0n) is 13.5. The summed E-state index contributed by atoms with van der Waals surface area (Å²) in [5, 5.41) is 5.54. The number of aromatic nitrogens is 2. The van der Waals surface area contributed by atoms with E-state index < -0.39 is 0 Å². The average molecular weight is 336 g/mol. The first-order chi connectivity index (χ1) is 11.9. The zero-order valence-corrected chi connectivity index (χ0v) is 14.4. The fraction of sp³-hybridized carbons (Fsp3) is 0.316. The predicted molar refractivity (Wildman–Crippen MR) is 101 cm³/mol. The molecule has 3 aromatic rings. The smallest absolute Gasteiger partial charge is 0.158 e. The van der Waals surface area contributed by atoms with Crippen molar-refractivity contribution in [3.63, 3.8) is 0 Å². The SMILES string of the molecule is C(=NNc1ncnc2sc3c(c12)CCCCCC3)c1ccccc1. The van der Waals surface area contributed by atoms with Crippen LogP contribution in [0.4, 0.5) is 5.82 Å². The number of aryl methyl sites for hydroxylation is 2. The zero-order chi connectivity index (χ0) is 16.2. The Kier molecular flexibility index (Phi) is 4.51. The summed E-state index contributed by atoms with van der Waals surface area (Å²) in [4.78, 5) is 11.5. The summed E-state index contributed by atoms with van der Waals surface area (Å²) < 4.78 is 0. The van der Waals surface area contributed by atoms with Crippen LogP contribution in [0.25, 0.3) is 10.2 Å². The molecule has 0 radical (unpaired) electrons. The molecule has 1 aliphatic carbocycles. The van der Waals surface area contributed by atoms with Crippen LogP contribution in [0.3, 0.4) is 0 Å². The highest BCUT2D eigenvalue weighted by Crippen LogP contribution is 2.37. The lowest BCUT2D eigenvalue weighted by molar-refractivity contribution is 0.624. The van der Waals surface area contributed by atoms with E-state index in [0.717, 1.165) is 22.6 Å². The first kappa shape index (κ1) is 15.3. The van der Waals surface area contributed by atoms with E-state index in [2.05, 4.69) is 20.5 Å². The summed E-state index contributed by atoms with van der Waals surface area (Å²) >= 11 is 1.82. The molecule has 0 aliphatic heterocycles. The molecule has 0 amide bonds. The summed E-state index contributed by atoms with van der Waals surface area (Å²) in [7, 11) is 0. The molecule has 5 heteroatoms. The van der Waals surface area contributed by atoms with Crippen molar-refractivity contribution in [2.45, 2.75) is 38.5 Å². The molecule has 0 saturated carbocycles. The molecule has 1 aliphatic rings. The summed E-state index contributed by atoms with van der Waals surface area (Å²) in [5.41, 5.74) is 5.64. The van der Waals surface area contributed by atoms with Crippen LogP contribution in [-0.4, -0.2) is 16.2 Å². The normalized spacial score (nSPS) is 15.2. The molecule has 0 bridgehead atoms. The minimum atomic E-state index is 0.824. The molecule has 0 saturated heterocycles. The van der Waals surface area contributed by atoms with E-state index in [1.165, 1.54) is 47.9 Å². The number of anilines is 1. The second-order valence-electron chi connectivity index (χ2n) is 6.10. The van der Waals surface area contributed by atoms with Crippen LogP contribution in [0.1, 0.15) is 41.7 Å². The van der Waals surface area contributed by atoms with Gasteiger partial charge in [0, 0.05) is 4.88 Å². The van der Waals surface area contributed by atoms with E-state index in [1.807, 2.05) is 47.9 Å². The Hall–Kier alpha value is -2.27. The van der Waals surface area contributed by atoms with Crippen LogP contribution < -0.4 is 5.43 Å². The third kappa shape index (κ3) is 3.17. The monoisotopic (exact) mass is 336 g/mol. The number of thiophene rings is 1. The van der Waals surface area contributed by atoms with Crippen molar-refractivity contribution < 1.29 is 0 Å². The Labute approximate surface area is 145 Å². The van der Waals surface area contributed by atoms with Gasteiger partial charge in [-0.1, -0.05) is 43.2 Å². The van der Waals surface area contributed by atoms with Gasteiger partial charge in [-0.2, -0.15) is 5.10 Å². The van der Waals surface area contributed by atoms with Crippen molar-refractivity contribution >= 4 is 33.6 Å².